The predicted octanol–water partition coefficient (Wildman–Crippen LogP) is -0.122. The smallest absolute Gasteiger partial charge is 0.229 e. The lowest BCUT2D eigenvalue weighted by molar-refractivity contribution is -0.277. The number of allylic oxidation sites excluding steroid dienone is 1. The number of carbonyl (C=O) groups is 1. The molecule has 1 saturated heterocycles. The molecule has 0 aliphatic carbocycles. The first-order chi connectivity index (χ1) is 14.7. The summed E-state index contributed by atoms with van der Waals surface area (Å²) in [6.07, 6.45) is -5.39. The Labute approximate surface area is 176 Å². The standard InChI is InChI=1S/C21H22O10/c22-9-16-18(27)19(28)20(29)21(31-16)30-15-8-12(24)7-14(26)17(15)13(25)6-3-10-1-4-11(23)5-2-10/h1-8,16,18-24,26-29H,9H2/b6-3-. The molecule has 10 heteroatoms. The Hall–Kier alpha value is -3.15. The zero-order valence-electron chi connectivity index (χ0n) is 16.1. The maximum Gasteiger partial charge on any atom is 0.229 e. The van der Waals surface area contributed by atoms with Gasteiger partial charge in [0.25, 0.3) is 0 Å². The minimum atomic E-state index is -1.75. The van der Waals surface area contributed by atoms with Gasteiger partial charge in [-0.1, -0.05) is 18.2 Å². The molecule has 5 unspecified atom stereocenters. The number of ketones is 1. The van der Waals surface area contributed by atoms with E-state index < -0.39 is 54.6 Å². The summed E-state index contributed by atoms with van der Waals surface area (Å²) in [4.78, 5) is 12.7. The second kappa shape index (κ2) is 9.33. The summed E-state index contributed by atoms with van der Waals surface area (Å²) in [6.45, 7) is -0.683. The van der Waals surface area contributed by atoms with Gasteiger partial charge in [-0.2, -0.15) is 0 Å². The molecule has 7 N–H and O–H groups in total. The second-order valence-corrected chi connectivity index (χ2v) is 6.94. The van der Waals surface area contributed by atoms with Crippen molar-refractivity contribution in [2.24, 2.45) is 0 Å². The summed E-state index contributed by atoms with van der Waals surface area (Å²) < 4.78 is 10.7. The van der Waals surface area contributed by atoms with Crippen LogP contribution in [-0.4, -0.2) is 78.8 Å². The van der Waals surface area contributed by atoms with Crippen molar-refractivity contribution in [1.29, 1.82) is 0 Å². The number of benzene rings is 2. The predicted molar refractivity (Wildman–Crippen MR) is 106 cm³/mol. The van der Waals surface area contributed by atoms with Crippen LogP contribution in [0.25, 0.3) is 6.08 Å². The number of aliphatic hydroxyl groups excluding tert-OH is 4. The number of aromatic hydroxyl groups is 3. The van der Waals surface area contributed by atoms with E-state index in [2.05, 4.69) is 0 Å². The second-order valence-electron chi connectivity index (χ2n) is 6.94. The highest BCUT2D eigenvalue weighted by molar-refractivity contribution is 6.10. The lowest BCUT2D eigenvalue weighted by Crippen LogP contribution is -2.60. The zero-order valence-corrected chi connectivity index (χ0v) is 16.1. The van der Waals surface area contributed by atoms with E-state index in [0.717, 1.165) is 18.2 Å². The number of phenols is 3. The Kier molecular flexibility index (Phi) is 6.78. The third kappa shape index (κ3) is 4.95. The lowest BCUT2D eigenvalue weighted by Gasteiger charge is -2.39. The average Bonchev–Trinajstić information content (AvgIpc) is 2.73. The van der Waals surface area contributed by atoms with Crippen molar-refractivity contribution in [2.45, 2.75) is 30.7 Å². The minimum absolute atomic E-state index is 0.0508. The highest BCUT2D eigenvalue weighted by Crippen LogP contribution is 2.36. The van der Waals surface area contributed by atoms with Crippen LogP contribution in [0.4, 0.5) is 0 Å². The topological polar surface area (TPSA) is 177 Å². The maximum atomic E-state index is 12.7. The first kappa shape index (κ1) is 22.5. The van der Waals surface area contributed by atoms with Crippen molar-refractivity contribution >= 4 is 11.9 Å². The van der Waals surface area contributed by atoms with Crippen molar-refractivity contribution in [3.8, 4) is 23.0 Å². The van der Waals surface area contributed by atoms with Crippen LogP contribution in [0.3, 0.4) is 0 Å². The van der Waals surface area contributed by atoms with Crippen LogP contribution in [-0.2, 0) is 4.74 Å². The molecule has 0 spiro atoms. The molecule has 0 amide bonds. The summed E-state index contributed by atoms with van der Waals surface area (Å²) in [5, 5.41) is 68.5. The van der Waals surface area contributed by atoms with Crippen LogP contribution in [0.15, 0.2) is 42.5 Å². The highest BCUT2D eigenvalue weighted by atomic mass is 16.7. The van der Waals surface area contributed by atoms with Crippen molar-refractivity contribution < 1.29 is 50.0 Å². The number of rotatable bonds is 6. The van der Waals surface area contributed by atoms with Gasteiger partial charge >= 0.3 is 0 Å². The number of ether oxygens (including phenoxy) is 2. The molecule has 0 aromatic heterocycles. The molecule has 1 fully saturated rings. The van der Waals surface area contributed by atoms with Crippen LogP contribution in [0.5, 0.6) is 23.0 Å². The van der Waals surface area contributed by atoms with E-state index in [0.29, 0.717) is 5.56 Å². The Morgan fingerprint density at radius 1 is 0.968 bits per heavy atom. The van der Waals surface area contributed by atoms with E-state index in [1.54, 1.807) is 12.1 Å². The van der Waals surface area contributed by atoms with Gasteiger partial charge in [0.15, 0.2) is 5.78 Å². The van der Waals surface area contributed by atoms with E-state index in [-0.39, 0.29) is 17.1 Å². The Bertz CT molecular complexity index is 953. The van der Waals surface area contributed by atoms with Gasteiger partial charge < -0.3 is 45.2 Å². The van der Waals surface area contributed by atoms with Crippen LogP contribution in [0, 0.1) is 0 Å². The van der Waals surface area contributed by atoms with Crippen molar-refractivity contribution in [1.82, 2.24) is 0 Å². The van der Waals surface area contributed by atoms with Gasteiger partial charge in [0.05, 0.1) is 6.61 Å². The zero-order chi connectivity index (χ0) is 22.7. The monoisotopic (exact) mass is 434 g/mol. The summed E-state index contributed by atoms with van der Waals surface area (Å²) >= 11 is 0. The number of hydrogen-bond donors (Lipinski definition) is 7. The van der Waals surface area contributed by atoms with Crippen LogP contribution < -0.4 is 4.74 Å². The highest BCUT2D eigenvalue weighted by Gasteiger charge is 2.45. The molecule has 1 heterocycles. The third-order valence-corrected chi connectivity index (χ3v) is 4.72. The van der Waals surface area contributed by atoms with Gasteiger partial charge in [-0.05, 0) is 23.8 Å². The first-order valence-corrected chi connectivity index (χ1v) is 9.26. The molecular weight excluding hydrogens is 412 g/mol. The van der Waals surface area contributed by atoms with Gasteiger partial charge in [0.1, 0.15) is 53.0 Å². The molecule has 0 radical (unpaired) electrons. The first-order valence-electron chi connectivity index (χ1n) is 9.26. The van der Waals surface area contributed by atoms with Gasteiger partial charge in [-0.15, -0.1) is 0 Å². The third-order valence-electron chi connectivity index (χ3n) is 4.72. The van der Waals surface area contributed by atoms with Crippen molar-refractivity contribution in [3.05, 3.63) is 53.6 Å². The van der Waals surface area contributed by atoms with E-state index >= 15 is 0 Å². The normalized spacial score (nSPS) is 26.1. The fraction of sp³-hybridized carbons (Fsp3) is 0.286. The summed E-state index contributed by atoms with van der Waals surface area (Å²) in [5.41, 5.74) is 0.227. The molecule has 0 bridgehead atoms. The summed E-state index contributed by atoms with van der Waals surface area (Å²) in [6, 6.07) is 7.89. The van der Waals surface area contributed by atoms with E-state index in [4.69, 9.17) is 9.47 Å². The molecule has 2 aromatic carbocycles. The van der Waals surface area contributed by atoms with Crippen molar-refractivity contribution in [3.63, 3.8) is 0 Å². The lowest BCUT2D eigenvalue weighted by atomic mass is 9.99. The van der Waals surface area contributed by atoms with Crippen LogP contribution >= 0.6 is 0 Å². The molecule has 31 heavy (non-hydrogen) atoms. The average molecular weight is 434 g/mol. The Morgan fingerprint density at radius 3 is 2.29 bits per heavy atom. The number of phenolic OH excluding ortho intramolecular Hbond substituents is 3. The Balaban J connectivity index is 1.89. The fourth-order valence-electron chi connectivity index (χ4n) is 3.06. The quantitative estimate of drug-likeness (QED) is 0.239. The summed E-state index contributed by atoms with van der Waals surface area (Å²) in [5.74, 6) is -2.08. The minimum Gasteiger partial charge on any atom is -0.508 e. The summed E-state index contributed by atoms with van der Waals surface area (Å²) in [7, 11) is 0. The molecule has 166 valence electrons. The molecule has 10 nitrogen and oxygen atoms in total. The SMILES string of the molecule is O=C(/C=C\c1ccc(O)cc1)c1c(O)cc(O)cc1OC1OC(CO)C(O)C(O)C1O. The van der Waals surface area contributed by atoms with Crippen molar-refractivity contribution in [2.75, 3.05) is 6.61 Å². The Morgan fingerprint density at radius 2 is 1.65 bits per heavy atom. The fourth-order valence-corrected chi connectivity index (χ4v) is 3.06. The van der Waals surface area contributed by atoms with Gasteiger partial charge in [0, 0.05) is 12.1 Å². The van der Waals surface area contributed by atoms with Crippen LogP contribution in [0.2, 0.25) is 0 Å². The maximum absolute atomic E-state index is 12.7. The molecule has 3 rings (SSSR count). The molecule has 5 atom stereocenters. The van der Waals surface area contributed by atoms with E-state index in [1.165, 1.54) is 18.2 Å². The molecular formula is C21H22O10. The molecule has 0 saturated carbocycles. The van der Waals surface area contributed by atoms with E-state index in [1.807, 2.05) is 0 Å². The molecule has 1 aliphatic heterocycles. The van der Waals surface area contributed by atoms with Crippen LogP contribution in [0.1, 0.15) is 15.9 Å². The van der Waals surface area contributed by atoms with Gasteiger partial charge in [0.2, 0.25) is 6.29 Å². The largest absolute Gasteiger partial charge is 0.508 e. The molecule has 2 aromatic rings. The molecule has 1 aliphatic rings. The number of carbonyl (C=O) groups excluding carboxylic acids is 1. The van der Waals surface area contributed by atoms with Gasteiger partial charge in [-0.3, -0.25) is 4.79 Å². The number of aliphatic hydroxyl groups is 4. The van der Waals surface area contributed by atoms with Gasteiger partial charge in [-0.25, -0.2) is 0 Å². The number of hydrogen-bond acceptors (Lipinski definition) is 10. The van der Waals surface area contributed by atoms with E-state index in [9.17, 15) is 40.5 Å².